The third kappa shape index (κ3) is 4.70. The van der Waals surface area contributed by atoms with Crippen LogP contribution in [0.2, 0.25) is 5.02 Å². The number of hydrogen-bond donors (Lipinski definition) is 1. The number of ether oxygens (including phenoxy) is 1. The van der Waals surface area contributed by atoms with Crippen molar-refractivity contribution in [3.8, 4) is 5.95 Å². The van der Waals surface area contributed by atoms with Crippen molar-refractivity contribution in [3.05, 3.63) is 75.4 Å². The van der Waals surface area contributed by atoms with Crippen molar-refractivity contribution in [2.24, 2.45) is 0 Å². The molecule has 1 atom stereocenters. The molecule has 1 N–H and O–H groups in total. The van der Waals surface area contributed by atoms with E-state index in [9.17, 15) is 8.42 Å². The van der Waals surface area contributed by atoms with Crippen molar-refractivity contribution >= 4 is 37.6 Å². The molecule has 3 rings (SSSR count). The predicted octanol–water partition coefficient (Wildman–Crippen LogP) is 4.36. The Labute approximate surface area is 170 Å². The van der Waals surface area contributed by atoms with Gasteiger partial charge in [0.25, 0.3) is 0 Å². The van der Waals surface area contributed by atoms with Crippen LogP contribution in [-0.2, 0) is 16.4 Å². The molecule has 9 heteroatoms. The summed E-state index contributed by atoms with van der Waals surface area (Å²) >= 11 is 9.22. The zero-order chi connectivity index (χ0) is 19.4. The molecular formula is C18H16BrClN2O4S. The second kappa shape index (κ2) is 8.43. The summed E-state index contributed by atoms with van der Waals surface area (Å²) in [7, 11) is -2.37. The standard InChI is InChI=1S/C18H16BrClN2O4S/c1-25-18-16(19)17(21-26-18)15(11-12-5-3-2-4-6-12)22-27(23,24)14-9-7-13(20)8-10-14/h2-10,15,22H,11H2,1H3/t15-/m1/s1. The monoisotopic (exact) mass is 470 g/mol. The molecule has 0 radical (unpaired) electrons. The van der Waals surface area contributed by atoms with Gasteiger partial charge in [-0.3, -0.25) is 0 Å². The Balaban J connectivity index is 1.96. The first-order valence-electron chi connectivity index (χ1n) is 7.91. The van der Waals surface area contributed by atoms with E-state index in [0.717, 1.165) is 5.56 Å². The largest absolute Gasteiger partial charge is 0.466 e. The number of aromatic nitrogens is 1. The molecule has 142 valence electrons. The number of sulfonamides is 1. The topological polar surface area (TPSA) is 81.4 Å². The zero-order valence-corrected chi connectivity index (χ0v) is 17.4. The number of hydrogen-bond acceptors (Lipinski definition) is 5. The van der Waals surface area contributed by atoms with Crippen molar-refractivity contribution in [1.29, 1.82) is 0 Å². The molecule has 0 bridgehead atoms. The third-order valence-corrected chi connectivity index (χ3v) is 6.32. The highest BCUT2D eigenvalue weighted by Crippen LogP contribution is 2.34. The Bertz CT molecular complexity index is 1010. The summed E-state index contributed by atoms with van der Waals surface area (Å²) in [6.07, 6.45) is 0.377. The van der Waals surface area contributed by atoms with E-state index in [-0.39, 0.29) is 10.8 Å². The molecule has 0 fully saturated rings. The lowest BCUT2D eigenvalue weighted by atomic mass is 10.0. The average Bonchev–Trinajstić information content (AvgIpc) is 3.03. The molecule has 27 heavy (non-hydrogen) atoms. The summed E-state index contributed by atoms with van der Waals surface area (Å²) in [6, 6.07) is 14.8. The van der Waals surface area contributed by atoms with Crippen molar-refractivity contribution in [3.63, 3.8) is 0 Å². The maximum absolute atomic E-state index is 12.8. The van der Waals surface area contributed by atoms with E-state index in [1.807, 2.05) is 30.3 Å². The van der Waals surface area contributed by atoms with Gasteiger partial charge in [-0.1, -0.05) is 47.1 Å². The Morgan fingerprint density at radius 1 is 1.19 bits per heavy atom. The lowest BCUT2D eigenvalue weighted by Gasteiger charge is -2.17. The van der Waals surface area contributed by atoms with E-state index in [4.69, 9.17) is 20.9 Å². The molecular weight excluding hydrogens is 456 g/mol. The van der Waals surface area contributed by atoms with Crippen LogP contribution in [0, 0.1) is 0 Å². The Morgan fingerprint density at radius 2 is 1.85 bits per heavy atom. The first-order valence-corrected chi connectivity index (χ1v) is 10.6. The SMILES string of the molecule is COc1onc([C@@H](Cc2ccccc2)NS(=O)(=O)c2ccc(Cl)cc2)c1Br. The quantitative estimate of drug-likeness (QED) is 0.554. The van der Waals surface area contributed by atoms with E-state index in [0.29, 0.717) is 21.6 Å². The van der Waals surface area contributed by atoms with Crippen LogP contribution in [-0.4, -0.2) is 20.7 Å². The van der Waals surface area contributed by atoms with Gasteiger partial charge in [0, 0.05) is 5.02 Å². The van der Waals surface area contributed by atoms with Crippen LogP contribution in [0.15, 0.2) is 68.5 Å². The fourth-order valence-corrected chi connectivity index (χ4v) is 4.44. The van der Waals surface area contributed by atoms with Gasteiger partial charge in [0.1, 0.15) is 10.2 Å². The van der Waals surface area contributed by atoms with Crippen molar-refractivity contribution in [2.45, 2.75) is 17.4 Å². The van der Waals surface area contributed by atoms with Gasteiger partial charge in [-0.15, -0.1) is 0 Å². The molecule has 3 aromatic rings. The van der Waals surface area contributed by atoms with Gasteiger partial charge in [-0.25, -0.2) is 13.1 Å². The van der Waals surface area contributed by atoms with E-state index < -0.39 is 16.1 Å². The molecule has 0 unspecified atom stereocenters. The maximum Gasteiger partial charge on any atom is 0.325 e. The summed E-state index contributed by atoms with van der Waals surface area (Å²) in [5.74, 6) is 0.175. The number of halogens is 2. The van der Waals surface area contributed by atoms with E-state index in [1.165, 1.54) is 31.4 Å². The van der Waals surface area contributed by atoms with Crippen LogP contribution in [0.1, 0.15) is 17.3 Å². The highest BCUT2D eigenvalue weighted by atomic mass is 79.9. The van der Waals surface area contributed by atoms with E-state index >= 15 is 0 Å². The van der Waals surface area contributed by atoms with Gasteiger partial charge in [0.05, 0.1) is 18.0 Å². The minimum absolute atomic E-state index is 0.108. The molecule has 0 aliphatic carbocycles. The van der Waals surface area contributed by atoms with Gasteiger partial charge >= 0.3 is 5.95 Å². The Morgan fingerprint density at radius 3 is 2.44 bits per heavy atom. The van der Waals surface area contributed by atoms with E-state index in [2.05, 4.69) is 25.8 Å². The highest BCUT2D eigenvalue weighted by Gasteiger charge is 2.28. The fraction of sp³-hybridized carbons (Fsp3) is 0.167. The summed E-state index contributed by atoms with van der Waals surface area (Å²) in [4.78, 5) is 0.108. The Kier molecular flexibility index (Phi) is 6.21. The van der Waals surface area contributed by atoms with Crippen LogP contribution in [0.4, 0.5) is 0 Å². The minimum atomic E-state index is -3.81. The first-order chi connectivity index (χ1) is 12.9. The molecule has 2 aromatic carbocycles. The van der Waals surface area contributed by atoms with Crippen LogP contribution in [0.3, 0.4) is 0 Å². The molecule has 1 heterocycles. The second-order valence-electron chi connectivity index (χ2n) is 5.69. The maximum atomic E-state index is 12.8. The van der Waals surface area contributed by atoms with Gasteiger partial charge in [0.15, 0.2) is 0 Å². The van der Waals surface area contributed by atoms with Crippen molar-refractivity contribution in [2.75, 3.05) is 7.11 Å². The number of rotatable bonds is 7. The van der Waals surface area contributed by atoms with Gasteiger partial charge in [-0.2, -0.15) is 0 Å². The lowest BCUT2D eigenvalue weighted by Crippen LogP contribution is -2.30. The van der Waals surface area contributed by atoms with Crippen molar-refractivity contribution < 1.29 is 17.7 Å². The lowest BCUT2D eigenvalue weighted by molar-refractivity contribution is 0.257. The van der Waals surface area contributed by atoms with Gasteiger partial charge in [-0.05, 0) is 52.2 Å². The summed E-state index contributed by atoms with van der Waals surface area (Å²) < 4.78 is 39.1. The highest BCUT2D eigenvalue weighted by molar-refractivity contribution is 9.10. The van der Waals surface area contributed by atoms with Crippen LogP contribution in [0.5, 0.6) is 5.95 Å². The van der Waals surface area contributed by atoms with Crippen LogP contribution >= 0.6 is 27.5 Å². The van der Waals surface area contributed by atoms with Crippen LogP contribution < -0.4 is 9.46 Å². The molecule has 0 saturated heterocycles. The molecule has 1 aromatic heterocycles. The third-order valence-electron chi connectivity index (χ3n) is 3.85. The molecule has 0 spiro atoms. The first kappa shape index (κ1) is 19.9. The number of nitrogens with zero attached hydrogens (tertiary/aromatic N) is 1. The molecule has 0 amide bonds. The van der Waals surface area contributed by atoms with E-state index in [1.54, 1.807) is 0 Å². The molecule has 0 aliphatic rings. The summed E-state index contributed by atoms with van der Waals surface area (Å²) in [5.41, 5.74) is 1.34. The second-order valence-corrected chi connectivity index (χ2v) is 8.63. The average molecular weight is 472 g/mol. The number of methoxy groups -OCH3 is 1. The summed E-state index contributed by atoms with van der Waals surface area (Å²) in [5, 5.41) is 4.44. The van der Waals surface area contributed by atoms with Gasteiger partial charge < -0.3 is 9.26 Å². The molecule has 6 nitrogen and oxygen atoms in total. The normalized spacial score (nSPS) is 12.7. The van der Waals surface area contributed by atoms with Crippen molar-refractivity contribution in [1.82, 2.24) is 9.88 Å². The number of benzene rings is 2. The molecule has 0 aliphatic heterocycles. The Hall–Kier alpha value is -1.87. The summed E-state index contributed by atoms with van der Waals surface area (Å²) in [6.45, 7) is 0. The zero-order valence-electron chi connectivity index (χ0n) is 14.2. The van der Waals surface area contributed by atoms with Crippen LogP contribution in [0.25, 0.3) is 0 Å². The predicted molar refractivity (Wildman–Crippen MR) is 105 cm³/mol. The number of nitrogens with one attached hydrogen (secondary N) is 1. The fourth-order valence-electron chi connectivity index (χ4n) is 2.53. The molecule has 0 saturated carbocycles. The van der Waals surface area contributed by atoms with Gasteiger partial charge in [0.2, 0.25) is 10.0 Å². The minimum Gasteiger partial charge on any atom is -0.466 e. The smallest absolute Gasteiger partial charge is 0.325 e.